The molecule has 0 saturated heterocycles. The van der Waals surface area contributed by atoms with E-state index < -0.39 is 12.2 Å². The fraction of sp³-hybridized carbons (Fsp3) is 0.455. The highest BCUT2D eigenvalue weighted by Crippen LogP contribution is 2.33. The van der Waals surface area contributed by atoms with E-state index in [9.17, 15) is 13.2 Å². The van der Waals surface area contributed by atoms with Gasteiger partial charge in [0.1, 0.15) is 6.04 Å². The molecule has 0 bridgehead atoms. The summed E-state index contributed by atoms with van der Waals surface area (Å²) in [6.07, 6.45) is -4.31. The maximum atomic E-state index is 12.8. The van der Waals surface area contributed by atoms with Crippen molar-refractivity contribution in [1.29, 1.82) is 0 Å². The predicted molar refractivity (Wildman–Crippen MR) is 58.5 cm³/mol. The molecular formula is C11H13ClF3N. The van der Waals surface area contributed by atoms with Crippen LogP contribution >= 0.6 is 11.6 Å². The van der Waals surface area contributed by atoms with Crippen molar-refractivity contribution in [3.63, 3.8) is 0 Å². The van der Waals surface area contributed by atoms with Crippen LogP contribution in [0.5, 0.6) is 0 Å². The summed E-state index contributed by atoms with van der Waals surface area (Å²) >= 11 is 5.63. The summed E-state index contributed by atoms with van der Waals surface area (Å²) in [6, 6.07) is 3.79. The van der Waals surface area contributed by atoms with Gasteiger partial charge in [0.2, 0.25) is 0 Å². The van der Waals surface area contributed by atoms with Gasteiger partial charge in [-0.15, -0.1) is 0 Å². The molecule has 0 heterocycles. The molecule has 1 N–H and O–H groups in total. The summed E-state index contributed by atoms with van der Waals surface area (Å²) in [7, 11) is 0. The number of hydrogen-bond donors (Lipinski definition) is 1. The van der Waals surface area contributed by atoms with Gasteiger partial charge in [-0.2, -0.15) is 13.2 Å². The first-order chi connectivity index (χ1) is 7.30. The van der Waals surface area contributed by atoms with Crippen LogP contribution in [0.2, 0.25) is 5.02 Å². The van der Waals surface area contributed by atoms with Crippen molar-refractivity contribution in [3.8, 4) is 0 Å². The Bertz CT molecular complexity index is 332. The molecule has 90 valence electrons. The van der Waals surface area contributed by atoms with E-state index in [1.807, 2.05) is 0 Å². The molecule has 16 heavy (non-hydrogen) atoms. The van der Waals surface area contributed by atoms with Gasteiger partial charge in [0.15, 0.2) is 0 Å². The lowest BCUT2D eigenvalue weighted by Gasteiger charge is -2.24. The van der Waals surface area contributed by atoms with Crippen LogP contribution in [0.25, 0.3) is 0 Å². The van der Waals surface area contributed by atoms with Crippen LogP contribution in [0.3, 0.4) is 0 Å². The van der Waals surface area contributed by atoms with Gasteiger partial charge < -0.3 is 5.32 Å². The molecule has 0 unspecified atom stereocenters. The average Bonchev–Trinajstić information content (AvgIpc) is 2.14. The second-order valence-corrected chi connectivity index (χ2v) is 4.28. The topological polar surface area (TPSA) is 12.0 Å². The van der Waals surface area contributed by atoms with Crippen LogP contribution in [-0.2, 0) is 0 Å². The van der Waals surface area contributed by atoms with E-state index in [0.717, 1.165) is 0 Å². The maximum Gasteiger partial charge on any atom is 0.407 e. The van der Waals surface area contributed by atoms with Gasteiger partial charge in [-0.05, 0) is 17.7 Å². The van der Waals surface area contributed by atoms with E-state index in [4.69, 9.17) is 11.6 Å². The molecule has 0 fully saturated rings. The number of halogens is 4. The number of benzene rings is 1. The second kappa shape index (κ2) is 5.06. The Kier molecular flexibility index (Phi) is 4.21. The average molecular weight is 252 g/mol. The molecule has 0 saturated carbocycles. The van der Waals surface area contributed by atoms with Crippen molar-refractivity contribution in [2.75, 3.05) is 0 Å². The van der Waals surface area contributed by atoms with E-state index in [1.165, 1.54) is 24.3 Å². The molecule has 0 aliphatic heterocycles. The predicted octanol–water partition coefficient (Wildman–Crippen LogP) is 3.94. The van der Waals surface area contributed by atoms with Crippen molar-refractivity contribution < 1.29 is 13.2 Å². The Morgan fingerprint density at radius 2 is 1.62 bits per heavy atom. The van der Waals surface area contributed by atoms with Gasteiger partial charge >= 0.3 is 6.18 Å². The SMILES string of the molecule is CC(C)N[C@@H](c1ccc(Cl)cc1)C(F)(F)F. The highest BCUT2D eigenvalue weighted by molar-refractivity contribution is 6.30. The largest absolute Gasteiger partial charge is 0.407 e. The second-order valence-electron chi connectivity index (χ2n) is 3.85. The summed E-state index contributed by atoms with van der Waals surface area (Å²) in [5.74, 6) is 0. The summed E-state index contributed by atoms with van der Waals surface area (Å²) in [5.41, 5.74) is 0.172. The third kappa shape index (κ3) is 3.68. The zero-order valence-electron chi connectivity index (χ0n) is 8.98. The zero-order valence-corrected chi connectivity index (χ0v) is 9.73. The fourth-order valence-corrected chi connectivity index (χ4v) is 1.49. The first-order valence-corrected chi connectivity index (χ1v) is 5.26. The van der Waals surface area contributed by atoms with Crippen molar-refractivity contribution >= 4 is 11.6 Å². The number of alkyl halides is 3. The minimum absolute atomic E-state index is 0.172. The van der Waals surface area contributed by atoms with E-state index in [-0.39, 0.29) is 11.6 Å². The lowest BCUT2D eigenvalue weighted by molar-refractivity contribution is -0.159. The normalized spacial score (nSPS) is 14.2. The lowest BCUT2D eigenvalue weighted by Crippen LogP contribution is -2.38. The molecule has 1 atom stereocenters. The molecule has 0 radical (unpaired) electrons. The number of hydrogen-bond acceptors (Lipinski definition) is 1. The molecule has 0 aliphatic rings. The zero-order chi connectivity index (χ0) is 12.3. The standard InChI is InChI=1S/C11H13ClF3N/c1-7(2)16-10(11(13,14)15)8-3-5-9(12)6-4-8/h3-7,10,16H,1-2H3/t10-/m0/s1. The molecule has 0 aromatic heterocycles. The molecule has 0 amide bonds. The molecule has 1 aromatic rings. The van der Waals surface area contributed by atoms with Crippen molar-refractivity contribution in [1.82, 2.24) is 5.32 Å². The van der Waals surface area contributed by atoms with Crippen molar-refractivity contribution in [3.05, 3.63) is 34.9 Å². The van der Waals surface area contributed by atoms with Crippen molar-refractivity contribution in [2.24, 2.45) is 0 Å². The minimum Gasteiger partial charge on any atom is -0.300 e. The van der Waals surface area contributed by atoms with E-state index in [1.54, 1.807) is 13.8 Å². The third-order valence-electron chi connectivity index (χ3n) is 2.03. The minimum atomic E-state index is -4.31. The van der Waals surface area contributed by atoms with E-state index >= 15 is 0 Å². The van der Waals surface area contributed by atoms with Gasteiger partial charge in [-0.1, -0.05) is 37.6 Å². The first kappa shape index (κ1) is 13.3. The van der Waals surface area contributed by atoms with Gasteiger partial charge in [-0.3, -0.25) is 0 Å². The summed E-state index contributed by atoms with van der Waals surface area (Å²) in [5, 5.41) is 2.91. The van der Waals surface area contributed by atoms with Crippen molar-refractivity contribution in [2.45, 2.75) is 32.1 Å². The Morgan fingerprint density at radius 1 is 1.12 bits per heavy atom. The van der Waals surface area contributed by atoms with Crippen LogP contribution in [0, 0.1) is 0 Å². The van der Waals surface area contributed by atoms with E-state index in [2.05, 4.69) is 5.32 Å². The van der Waals surface area contributed by atoms with Crippen LogP contribution < -0.4 is 5.32 Å². The molecule has 0 aliphatic carbocycles. The Labute approximate surface area is 97.6 Å². The van der Waals surface area contributed by atoms with Crippen LogP contribution in [0.15, 0.2) is 24.3 Å². The fourth-order valence-electron chi connectivity index (χ4n) is 1.37. The molecule has 1 rings (SSSR count). The molecule has 1 nitrogen and oxygen atoms in total. The molecule has 1 aromatic carbocycles. The Morgan fingerprint density at radius 3 is 2.00 bits per heavy atom. The molecule has 5 heteroatoms. The summed E-state index contributed by atoms with van der Waals surface area (Å²) in [4.78, 5) is 0. The number of rotatable bonds is 3. The van der Waals surface area contributed by atoms with Gasteiger partial charge in [0.05, 0.1) is 0 Å². The summed E-state index contributed by atoms with van der Waals surface area (Å²) < 4.78 is 38.3. The van der Waals surface area contributed by atoms with Gasteiger partial charge in [0, 0.05) is 11.1 Å². The highest BCUT2D eigenvalue weighted by Gasteiger charge is 2.40. The first-order valence-electron chi connectivity index (χ1n) is 4.89. The smallest absolute Gasteiger partial charge is 0.300 e. The monoisotopic (exact) mass is 251 g/mol. The number of nitrogens with one attached hydrogen (secondary N) is 1. The molecular weight excluding hydrogens is 239 g/mol. The van der Waals surface area contributed by atoms with E-state index in [0.29, 0.717) is 5.02 Å². The van der Waals surface area contributed by atoms with Crippen LogP contribution in [0.4, 0.5) is 13.2 Å². The van der Waals surface area contributed by atoms with Gasteiger partial charge in [0.25, 0.3) is 0 Å². The summed E-state index contributed by atoms with van der Waals surface area (Å²) in [6.45, 7) is 3.35. The van der Waals surface area contributed by atoms with Crippen LogP contribution in [-0.4, -0.2) is 12.2 Å². The third-order valence-corrected chi connectivity index (χ3v) is 2.28. The Hall–Kier alpha value is -0.740. The quantitative estimate of drug-likeness (QED) is 0.858. The van der Waals surface area contributed by atoms with Crippen LogP contribution in [0.1, 0.15) is 25.5 Å². The molecule has 0 spiro atoms. The lowest BCUT2D eigenvalue weighted by atomic mass is 10.1. The highest BCUT2D eigenvalue weighted by atomic mass is 35.5. The van der Waals surface area contributed by atoms with Gasteiger partial charge in [-0.25, -0.2) is 0 Å². The Balaban J connectivity index is 2.97. The maximum absolute atomic E-state index is 12.8.